The first kappa shape index (κ1) is 21.1. The molecule has 1 N–H and O–H groups in total. The number of nitrogens with zero attached hydrogens (tertiary/aromatic N) is 3. The molecule has 1 aromatic heterocycles. The molecule has 0 spiro atoms. The van der Waals surface area contributed by atoms with Crippen molar-refractivity contribution in [3.8, 4) is 0 Å². The number of nitrogens with one attached hydrogen (secondary N) is 1. The second-order valence-corrected chi connectivity index (χ2v) is 8.04. The second kappa shape index (κ2) is 9.31. The van der Waals surface area contributed by atoms with E-state index in [2.05, 4.69) is 34.5 Å². The van der Waals surface area contributed by atoms with E-state index in [1.165, 1.54) is 14.7 Å². The molecule has 2 heterocycles. The van der Waals surface area contributed by atoms with Crippen molar-refractivity contribution < 1.29 is 4.79 Å². The quantitative estimate of drug-likeness (QED) is 0.662. The molecule has 0 radical (unpaired) electrons. The Hall–Kier alpha value is -3.19. The van der Waals surface area contributed by atoms with Gasteiger partial charge in [0, 0.05) is 32.2 Å². The zero-order chi connectivity index (χ0) is 21.8. The van der Waals surface area contributed by atoms with Gasteiger partial charge in [-0.2, -0.15) is 0 Å². The van der Waals surface area contributed by atoms with E-state index in [9.17, 15) is 14.4 Å². The van der Waals surface area contributed by atoms with Crippen molar-refractivity contribution >= 4 is 16.8 Å². The number of aromatic nitrogens is 2. The van der Waals surface area contributed by atoms with Gasteiger partial charge >= 0.3 is 5.69 Å². The minimum absolute atomic E-state index is 0.0934. The smallest absolute Gasteiger partial charge is 0.331 e. The van der Waals surface area contributed by atoms with Crippen LogP contribution >= 0.6 is 0 Å². The van der Waals surface area contributed by atoms with Crippen molar-refractivity contribution in [1.82, 2.24) is 19.4 Å². The van der Waals surface area contributed by atoms with Gasteiger partial charge in [-0.1, -0.05) is 42.5 Å². The molecule has 1 aliphatic heterocycles. The van der Waals surface area contributed by atoms with Gasteiger partial charge in [0.05, 0.1) is 10.9 Å². The number of carbonyl (C=O) groups excluding carboxylic acids is 1. The van der Waals surface area contributed by atoms with Crippen molar-refractivity contribution in [1.29, 1.82) is 0 Å². The highest BCUT2D eigenvalue weighted by atomic mass is 16.2. The molecule has 0 aliphatic carbocycles. The predicted molar refractivity (Wildman–Crippen MR) is 121 cm³/mol. The van der Waals surface area contributed by atoms with Crippen LogP contribution in [0.15, 0.2) is 64.2 Å². The molecule has 1 saturated heterocycles. The van der Waals surface area contributed by atoms with E-state index in [4.69, 9.17) is 0 Å². The van der Waals surface area contributed by atoms with Crippen LogP contribution in [0.1, 0.15) is 25.3 Å². The van der Waals surface area contributed by atoms with Crippen LogP contribution in [0.3, 0.4) is 0 Å². The summed E-state index contributed by atoms with van der Waals surface area (Å²) in [5.41, 5.74) is 1.03. The van der Waals surface area contributed by atoms with E-state index >= 15 is 0 Å². The SMILES string of the molecule is CCn1c(=O)c2ccccc2n(CC(=O)NC2CCN(Cc3ccccc3)CC2)c1=O. The summed E-state index contributed by atoms with van der Waals surface area (Å²) in [5.74, 6) is -0.199. The molecule has 2 aromatic carbocycles. The van der Waals surface area contributed by atoms with Crippen LogP contribution in [0.2, 0.25) is 0 Å². The monoisotopic (exact) mass is 420 g/mol. The van der Waals surface area contributed by atoms with E-state index in [1.807, 2.05) is 6.07 Å². The largest absolute Gasteiger partial charge is 0.352 e. The van der Waals surface area contributed by atoms with Gasteiger partial charge in [-0.25, -0.2) is 4.79 Å². The first-order chi connectivity index (χ1) is 15.1. The van der Waals surface area contributed by atoms with Crippen molar-refractivity contribution in [3.63, 3.8) is 0 Å². The third-order valence-corrected chi connectivity index (χ3v) is 5.95. The number of fused-ring (bicyclic) bond motifs is 1. The number of para-hydroxylation sites is 1. The Bertz CT molecular complexity index is 1170. The van der Waals surface area contributed by atoms with Gasteiger partial charge in [-0.05, 0) is 37.5 Å². The molecule has 162 valence electrons. The molecule has 7 nitrogen and oxygen atoms in total. The van der Waals surface area contributed by atoms with Gasteiger partial charge in [-0.15, -0.1) is 0 Å². The summed E-state index contributed by atoms with van der Waals surface area (Å²) in [4.78, 5) is 40.5. The number of piperidine rings is 1. The molecule has 0 unspecified atom stereocenters. The lowest BCUT2D eigenvalue weighted by molar-refractivity contribution is -0.122. The summed E-state index contributed by atoms with van der Waals surface area (Å²) in [6, 6.07) is 17.4. The summed E-state index contributed by atoms with van der Waals surface area (Å²) in [7, 11) is 0. The van der Waals surface area contributed by atoms with Crippen LogP contribution in [0.4, 0.5) is 0 Å². The maximum Gasteiger partial charge on any atom is 0.331 e. The Balaban J connectivity index is 1.41. The van der Waals surface area contributed by atoms with Crippen molar-refractivity contribution in [2.45, 2.75) is 45.4 Å². The van der Waals surface area contributed by atoms with Gasteiger partial charge in [0.1, 0.15) is 6.54 Å². The number of likely N-dealkylation sites (tertiary alicyclic amines) is 1. The topological polar surface area (TPSA) is 76.3 Å². The lowest BCUT2D eigenvalue weighted by Gasteiger charge is -2.32. The first-order valence-corrected chi connectivity index (χ1v) is 10.8. The third kappa shape index (κ3) is 4.61. The average molecular weight is 421 g/mol. The lowest BCUT2D eigenvalue weighted by Crippen LogP contribution is -2.47. The highest BCUT2D eigenvalue weighted by Gasteiger charge is 2.22. The Kier molecular flexibility index (Phi) is 6.32. The molecule has 0 bridgehead atoms. The Morgan fingerprint density at radius 1 is 0.968 bits per heavy atom. The summed E-state index contributed by atoms with van der Waals surface area (Å²) in [6.07, 6.45) is 1.76. The molecule has 0 atom stereocenters. The second-order valence-electron chi connectivity index (χ2n) is 8.04. The van der Waals surface area contributed by atoms with Crippen molar-refractivity contribution in [2.24, 2.45) is 0 Å². The fourth-order valence-electron chi connectivity index (χ4n) is 4.30. The van der Waals surface area contributed by atoms with E-state index < -0.39 is 5.69 Å². The number of rotatable bonds is 6. The minimum atomic E-state index is -0.445. The Labute approximate surface area is 180 Å². The van der Waals surface area contributed by atoms with Crippen LogP contribution < -0.4 is 16.6 Å². The number of hydrogen-bond donors (Lipinski definition) is 1. The van der Waals surface area contributed by atoms with Crippen molar-refractivity contribution in [2.75, 3.05) is 13.1 Å². The van der Waals surface area contributed by atoms with Gasteiger partial charge < -0.3 is 5.32 Å². The summed E-state index contributed by atoms with van der Waals surface area (Å²) < 4.78 is 2.58. The van der Waals surface area contributed by atoms with Crippen molar-refractivity contribution in [3.05, 3.63) is 81.0 Å². The lowest BCUT2D eigenvalue weighted by atomic mass is 10.0. The predicted octanol–water partition coefficient (Wildman–Crippen LogP) is 1.96. The number of amides is 1. The highest BCUT2D eigenvalue weighted by molar-refractivity contribution is 5.81. The number of benzene rings is 2. The normalized spacial score (nSPS) is 15.3. The molecule has 4 rings (SSSR count). The fourth-order valence-corrected chi connectivity index (χ4v) is 4.30. The van der Waals surface area contributed by atoms with Crippen LogP contribution in [-0.4, -0.2) is 39.1 Å². The molecule has 3 aromatic rings. The van der Waals surface area contributed by atoms with E-state index in [-0.39, 0.29) is 30.6 Å². The minimum Gasteiger partial charge on any atom is -0.352 e. The number of carbonyl (C=O) groups is 1. The Morgan fingerprint density at radius 3 is 2.35 bits per heavy atom. The highest BCUT2D eigenvalue weighted by Crippen LogP contribution is 2.14. The molecule has 1 amide bonds. The summed E-state index contributed by atoms with van der Waals surface area (Å²) in [6.45, 7) is 4.69. The average Bonchev–Trinajstić information content (AvgIpc) is 2.79. The summed E-state index contributed by atoms with van der Waals surface area (Å²) >= 11 is 0. The molecular formula is C24H28N4O3. The van der Waals surface area contributed by atoms with Gasteiger partial charge in [-0.3, -0.25) is 23.6 Å². The molecule has 0 saturated carbocycles. The van der Waals surface area contributed by atoms with Crippen LogP contribution in [0, 0.1) is 0 Å². The van der Waals surface area contributed by atoms with Crippen LogP contribution in [0.5, 0.6) is 0 Å². The molecular weight excluding hydrogens is 392 g/mol. The van der Waals surface area contributed by atoms with Gasteiger partial charge in [0.2, 0.25) is 5.91 Å². The molecule has 1 fully saturated rings. The van der Waals surface area contributed by atoms with Gasteiger partial charge in [0.15, 0.2) is 0 Å². The van der Waals surface area contributed by atoms with E-state index in [0.717, 1.165) is 32.5 Å². The van der Waals surface area contributed by atoms with Gasteiger partial charge in [0.25, 0.3) is 5.56 Å². The zero-order valence-electron chi connectivity index (χ0n) is 17.8. The zero-order valence-corrected chi connectivity index (χ0v) is 17.8. The molecule has 7 heteroatoms. The fraction of sp³-hybridized carbons (Fsp3) is 0.375. The van der Waals surface area contributed by atoms with Crippen LogP contribution in [-0.2, 0) is 24.4 Å². The van der Waals surface area contributed by atoms with Crippen LogP contribution in [0.25, 0.3) is 10.9 Å². The van der Waals surface area contributed by atoms with E-state index in [0.29, 0.717) is 10.9 Å². The molecule has 1 aliphatic rings. The summed E-state index contributed by atoms with van der Waals surface area (Å²) in [5, 5.41) is 3.53. The third-order valence-electron chi connectivity index (χ3n) is 5.95. The maximum absolute atomic E-state index is 12.8. The first-order valence-electron chi connectivity index (χ1n) is 10.8. The maximum atomic E-state index is 12.8. The standard InChI is InChI=1S/C24H28N4O3/c1-2-27-23(30)20-10-6-7-11-21(20)28(24(27)31)17-22(29)25-19-12-14-26(15-13-19)16-18-8-4-3-5-9-18/h3-11,19H,2,12-17H2,1H3,(H,25,29). The number of hydrogen-bond acceptors (Lipinski definition) is 4. The molecule has 31 heavy (non-hydrogen) atoms. The van der Waals surface area contributed by atoms with E-state index in [1.54, 1.807) is 31.2 Å². The Morgan fingerprint density at radius 2 is 1.65 bits per heavy atom.